The average molecular weight is 389 g/mol. The van der Waals surface area contributed by atoms with Crippen molar-refractivity contribution in [2.75, 3.05) is 11.5 Å². The second kappa shape index (κ2) is 7.80. The Balaban J connectivity index is 1.90. The topological polar surface area (TPSA) is 54.5 Å². The molecule has 144 valence electrons. The summed E-state index contributed by atoms with van der Waals surface area (Å²) in [6.07, 6.45) is 0.382. The van der Waals surface area contributed by atoms with Crippen LogP contribution in [0, 0.1) is 5.82 Å². The summed E-state index contributed by atoms with van der Waals surface area (Å²) in [5.74, 6) is -0.677. The van der Waals surface area contributed by atoms with E-state index < -0.39 is 27.6 Å². The van der Waals surface area contributed by atoms with E-state index in [0.29, 0.717) is 12.3 Å². The largest absolute Gasteiger partial charge is 0.330 e. The van der Waals surface area contributed by atoms with Crippen LogP contribution in [0.5, 0.6) is 0 Å². The monoisotopic (exact) mass is 389 g/mol. The summed E-state index contributed by atoms with van der Waals surface area (Å²) in [6.45, 7) is 4.46. The van der Waals surface area contributed by atoms with Crippen LogP contribution >= 0.6 is 0 Å². The molecule has 1 aliphatic heterocycles. The van der Waals surface area contributed by atoms with Crippen molar-refractivity contribution in [2.24, 2.45) is 0 Å². The number of amides is 1. The number of nitrogens with zero attached hydrogens (tertiary/aromatic N) is 1. The van der Waals surface area contributed by atoms with Gasteiger partial charge in [0.25, 0.3) is 5.91 Å². The summed E-state index contributed by atoms with van der Waals surface area (Å²) in [4.78, 5) is 14.5. The van der Waals surface area contributed by atoms with Crippen molar-refractivity contribution in [2.45, 2.75) is 38.8 Å². The molecule has 1 heterocycles. The minimum Gasteiger partial charge on any atom is -0.330 e. The molecule has 0 N–H and O–H groups in total. The van der Waals surface area contributed by atoms with Crippen molar-refractivity contribution in [1.82, 2.24) is 4.90 Å². The fraction of sp³-hybridized carbons (Fsp3) is 0.381. The van der Waals surface area contributed by atoms with Gasteiger partial charge >= 0.3 is 0 Å². The van der Waals surface area contributed by atoms with Crippen LogP contribution in [0.2, 0.25) is 0 Å². The molecule has 1 atom stereocenters. The van der Waals surface area contributed by atoms with Crippen molar-refractivity contribution < 1.29 is 17.6 Å². The molecule has 1 amide bonds. The zero-order valence-corrected chi connectivity index (χ0v) is 16.4. The van der Waals surface area contributed by atoms with Crippen LogP contribution in [0.4, 0.5) is 4.39 Å². The molecule has 1 aliphatic rings. The molecule has 2 aromatic rings. The lowest BCUT2D eigenvalue weighted by molar-refractivity contribution is 0.0676. The molecule has 6 heteroatoms. The Morgan fingerprint density at radius 1 is 1.15 bits per heavy atom. The summed E-state index contributed by atoms with van der Waals surface area (Å²) >= 11 is 0. The first-order valence-electron chi connectivity index (χ1n) is 9.11. The highest BCUT2D eigenvalue weighted by molar-refractivity contribution is 7.91. The molecule has 27 heavy (non-hydrogen) atoms. The van der Waals surface area contributed by atoms with E-state index in [1.807, 2.05) is 24.3 Å². The number of hydrogen-bond acceptors (Lipinski definition) is 3. The van der Waals surface area contributed by atoms with Crippen LogP contribution in [-0.2, 0) is 16.4 Å². The predicted octanol–water partition coefficient (Wildman–Crippen LogP) is 3.78. The zero-order valence-electron chi connectivity index (χ0n) is 15.6. The first kappa shape index (κ1) is 19.5. The van der Waals surface area contributed by atoms with Crippen LogP contribution < -0.4 is 0 Å². The molecular weight excluding hydrogens is 365 g/mol. The van der Waals surface area contributed by atoms with Gasteiger partial charge in [-0.3, -0.25) is 4.79 Å². The summed E-state index contributed by atoms with van der Waals surface area (Å²) < 4.78 is 38.0. The molecule has 1 saturated heterocycles. The Morgan fingerprint density at radius 2 is 1.81 bits per heavy atom. The number of rotatable bonds is 5. The van der Waals surface area contributed by atoms with E-state index in [0.717, 1.165) is 5.56 Å². The fourth-order valence-corrected chi connectivity index (χ4v) is 5.11. The molecular formula is C21H24FNO3S. The van der Waals surface area contributed by atoms with Crippen molar-refractivity contribution in [1.29, 1.82) is 0 Å². The van der Waals surface area contributed by atoms with E-state index in [1.165, 1.54) is 28.7 Å². The van der Waals surface area contributed by atoms with Crippen molar-refractivity contribution in [3.63, 3.8) is 0 Å². The summed E-state index contributed by atoms with van der Waals surface area (Å²) in [6, 6.07) is 13.3. The number of carbonyl (C=O) groups is 1. The van der Waals surface area contributed by atoms with Gasteiger partial charge in [0.2, 0.25) is 0 Å². The SMILES string of the molecule is CC(C)c1ccc(CN(C(=O)c2ccccc2F)C2CCS(=O)(=O)C2)cc1. The lowest BCUT2D eigenvalue weighted by atomic mass is 10.0. The highest BCUT2D eigenvalue weighted by Gasteiger charge is 2.35. The number of benzene rings is 2. The third kappa shape index (κ3) is 4.56. The Bertz CT molecular complexity index is 923. The van der Waals surface area contributed by atoms with Crippen LogP contribution in [0.15, 0.2) is 48.5 Å². The molecule has 0 aromatic heterocycles. The number of hydrogen-bond donors (Lipinski definition) is 0. The van der Waals surface area contributed by atoms with Gasteiger partial charge in [-0.25, -0.2) is 12.8 Å². The van der Waals surface area contributed by atoms with Crippen LogP contribution in [-0.4, -0.2) is 36.8 Å². The third-order valence-corrected chi connectivity index (χ3v) is 6.76. The molecule has 0 spiro atoms. The van der Waals surface area contributed by atoms with Crippen molar-refractivity contribution in [3.05, 3.63) is 71.0 Å². The summed E-state index contributed by atoms with van der Waals surface area (Å²) in [5, 5.41) is 0. The molecule has 3 rings (SSSR count). The first-order chi connectivity index (χ1) is 12.8. The minimum absolute atomic E-state index is 0.0272. The molecule has 0 saturated carbocycles. The fourth-order valence-electron chi connectivity index (χ4n) is 3.38. The lowest BCUT2D eigenvalue weighted by Gasteiger charge is -2.29. The van der Waals surface area contributed by atoms with Gasteiger partial charge in [0.1, 0.15) is 5.82 Å². The zero-order chi connectivity index (χ0) is 19.6. The molecule has 4 nitrogen and oxygen atoms in total. The highest BCUT2D eigenvalue weighted by Crippen LogP contribution is 2.24. The summed E-state index contributed by atoms with van der Waals surface area (Å²) in [7, 11) is -3.16. The average Bonchev–Trinajstić information content (AvgIpc) is 2.99. The third-order valence-electron chi connectivity index (χ3n) is 5.01. The maximum Gasteiger partial charge on any atom is 0.257 e. The molecule has 1 fully saturated rings. The molecule has 2 aromatic carbocycles. The number of halogens is 1. The van der Waals surface area contributed by atoms with Gasteiger partial charge in [0, 0.05) is 12.6 Å². The molecule has 1 unspecified atom stereocenters. The van der Waals surface area contributed by atoms with Crippen LogP contribution in [0.1, 0.15) is 47.7 Å². The number of carbonyl (C=O) groups excluding carboxylic acids is 1. The first-order valence-corrected chi connectivity index (χ1v) is 10.9. The quantitative estimate of drug-likeness (QED) is 0.782. The van der Waals surface area contributed by atoms with Crippen molar-refractivity contribution in [3.8, 4) is 0 Å². The maximum atomic E-state index is 14.2. The molecule has 0 bridgehead atoms. The standard InChI is InChI=1S/C21H24FNO3S/c1-15(2)17-9-7-16(8-10-17)13-23(18-11-12-27(25,26)14-18)21(24)19-5-3-4-6-20(19)22/h3-10,15,18H,11-14H2,1-2H3. The normalized spacial score (nSPS) is 18.6. The highest BCUT2D eigenvalue weighted by atomic mass is 32.2. The minimum atomic E-state index is -3.16. The van der Waals surface area contributed by atoms with Crippen LogP contribution in [0.3, 0.4) is 0 Å². The van der Waals surface area contributed by atoms with E-state index in [9.17, 15) is 17.6 Å². The Kier molecular flexibility index (Phi) is 5.65. The van der Waals surface area contributed by atoms with E-state index in [1.54, 1.807) is 6.07 Å². The van der Waals surface area contributed by atoms with Gasteiger partial charge in [0.15, 0.2) is 9.84 Å². The van der Waals surface area contributed by atoms with Gasteiger partial charge < -0.3 is 4.90 Å². The van der Waals surface area contributed by atoms with E-state index >= 15 is 0 Å². The summed E-state index contributed by atoms with van der Waals surface area (Å²) in [5.41, 5.74) is 2.06. The van der Waals surface area contributed by atoms with E-state index in [-0.39, 0.29) is 23.6 Å². The Labute approximate surface area is 159 Å². The smallest absolute Gasteiger partial charge is 0.257 e. The maximum absolute atomic E-state index is 14.2. The van der Waals surface area contributed by atoms with E-state index in [2.05, 4.69) is 13.8 Å². The van der Waals surface area contributed by atoms with Gasteiger partial charge in [-0.15, -0.1) is 0 Å². The Morgan fingerprint density at radius 3 is 2.37 bits per heavy atom. The lowest BCUT2D eigenvalue weighted by Crippen LogP contribution is -2.41. The molecule has 0 aliphatic carbocycles. The molecule has 0 radical (unpaired) electrons. The van der Waals surface area contributed by atoms with E-state index in [4.69, 9.17) is 0 Å². The second-order valence-electron chi connectivity index (χ2n) is 7.37. The van der Waals surface area contributed by atoms with Gasteiger partial charge in [-0.1, -0.05) is 50.2 Å². The Hall–Kier alpha value is -2.21. The number of sulfone groups is 1. The van der Waals surface area contributed by atoms with Crippen molar-refractivity contribution >= 4 is 15.7 Å². The van der Waals surface area contributed by atoms with Crippen LogP contribution in [0.25, 0.3) is 0 Å². The second-order valence-corrected chi connectivity index (χ2v) is 9.59. The van der Waals surface area contributed by atoms with Gasteiger partial charge in [-0.2, -0.15) is 0 Å². The predicted molar refractivity (Wildman–Crippen MR) is 104 cm³/mol. The van der Waals surface area contributed by atoms with Gasteiger partial charge in [0.05, 0.1) is 17.1 Å². The van der Waals surface area contributed by atoms with Gasteiger partial charge in [-0.05, 0) is 35.6 Å².